The smallest absolute Gasteiger partial charge is 0.341 e. The molecule has 1 aliphatic rings. The molecule has 2 unspecified atom stereocenters. The molecule has 2 N–H and O–H groups in total. The zero-order valence-electron chi connectivity index (χ0n) is 23.9. The van der Waals surface area contributed by atoms with Gasteiger partial charge in [-0.2, -0.15) is 35.2 Å². The number of quaternary nitrogens is 1. The van der Waals surface area contributed by atoms with Crippen LogP contribution in [-0.4, -0.2) is 75.8 Å². The van der Waals surface area contributed by atoms with Crippen LogP contribution < -0.4 is 10.6 Å². The molecule has 0 aliphatic carbocycles. The number of pyridine rings is 1. The summed E-state index contributed by atoms with van der Waals surface area (Å²) in [5.41, 5.74) is 0.758. The second-order valence-electron chi connectivity index (χ2n) is 11.3. The molecule has 0 spiro atoms. The highest BCUT2D eigenvalue weighted by Crippen LogP contribution is 2.47. The van der Waals surface area contributed by atoms with Gasteiger partial charge in [0.25, 0.3) is 0 Å². The van der Waals surface area contributed by atoms with E-state index >= 15 is 0 Å². The van der Waals surface area contributed by atoms with Crippen molar-refractivity contribution in [1.29, 1.82) is 0 Å². The fraction of sp³-hybridized carbons (Fsp3) is 0.667. The van der Waals surface area contributed by atoms with Gasteiger partial charge in [0, 0.05) is 31.7 Å². The van der Waals surface area contributed by atoms with Crippen LogP contribution in [0.3, 0.4) is 0 Å². The number of urea groups is 1. The average molecular weight is 614 g/mol. The van der Waals surface area contributed by atoms with Crippen LogP contribution in [-0.2, 0) is 20.8 Å². The lowest BCUT2D eigenvalue weighted by atomic mass is 9.92. The van der Waals surface area contributed by atoms with Crippen LogP contribution in [0.1, 0.15) is 59.4 Å². The number of nitrogens with one attached hydrogen (secondary N) is 2. The number of likely N-dealkylation sites (tertiary alicyclic amines) is 1. The molecule has 0 bridgehead atoms. The topological polar surface area (TPSA) is 105 Å². The summed E-state index contributed by atoms with van der Waals surface area (Å²) in [5, 5.41) is 4.50. The van der Waals surface area contributed by atoms with Crippen LogP contribution in [0.25, 0.3) is 0 Å². The van der Waals surface area contributed by atoms with E-state index in [1.165, 1.54) is 6.92 Å². The van der Waals surface area contributed by atoms with Crippen LogP contribution in [0.15, 0.2) is 24.5 Å². The molecule has 0 saturated carbocycles. The molecule has 236 valence electrons. The summed E-state index contributed by atoms with van der Waals surface area (Å²) in [7, 11) is 0. The molecule has 1 fully saturated rings. The van der Waals surface area contributed by atoms with E-state index in [1.54, 1.807) is 38.4 Å². The number of imide groups is 1. The highest BCUT2D eigenvalue weighted by Gasteiger charge is 2.77. The van der Waals surface area contributed by atoms with Crippen LogP contribution in [0, 0.1) is 11.8 Å². The molecule has 4 atom stereocenters. The summed E-state index contributed by atoms with van der Waals surface area (Å²) in [6.07, 6.45) is -2.77. The van der Waals surface area contributed by atoms with Gasteiger partial charge in [-0.1, -0.05) is 33.8 Å². The number of ketones is 1. The van der Waals surface area contributed by atoms with E-state index in [2.05, 4.69) is 10.3 Å². The minimum absolute atomic E-state index is 0.0314. The van der Waals surface area contributed by atoms with E-state index in [0.29, 0.717) is 19.3 Å². The minimum atomic E-state index is -6.75. The fourth-order valence-electron chi connectivity index (χ4n) is 4.93. The molecule has 0 radical (unpaired) electrons. The van der Waals surface area contributed by atoms with Gasteiger partial charge >= 0.3 is 30.0 Å². The number of hydrogen-bond donors (Lipinski definition) is 2. The first kappa shape index (κ1) is 35.1. The predicted octanol–water partition coefficient (Wildman–Crippen LogP) is 4.82. The van der Waals surface area contributed by atoms with E-state index in [-0.39, 0.29) is 13.0 Å². The molecule has 1 aromatic rings. The quantitative estimate of drug-likeness (QED) is 0.275. The Kier molecular flexibility index (Phi) is 10.9. The molecule has 1 saturated heterocycles. The van der Waals surface area contributed by atoms with Gasteiger partial charge in [-0.25, -0.2) is 9.59 Å². The Hall–Kier alpha value is -3.10. The van der Waals surface area contributed by atoms with Crippen molar-refractivity contribution in [3.05, 3.63) is 30.1 Å². The molecule has 4 amide bonds. The third-order valence-corrected chi connectivity index (χ3v) is 7.54. The first-order chi connectivity index (χ1) is 19.2. The number of aromatic nitrogens is 1. The standard InChI is InChI=1S/C27H35F7N4O4/c1-15(2)20(22(40)25(28,29)26(30,31)27(32,33)34)37-24(42)38(13-7-8-17(38)5)23(41)21(16(3)4)36-19(39)11-10-18-9-6-12-35-14-18/h6,9,12,14-17,20-21H,7-8,10-11,13H2,1-5H3,(H-,36,37,39,42)/p+1/t17-,20?,21+,38?/m1/s1. The van der Waals surface area contributed by atoms with E-state index in [0.717, 1.165) is 19.4 Å². The average Bonchev–Trinajstić information content (AvgIpc) is 3.29. The number of rotatable bonds is 11. The number of aryl methyl sites for hydroxylation is 1. The van der Waals surface area contributed by atoms with Gasteiger partial charge in [-0.3, -0.25) is 19.9 Å². The maximum absolute atomic E-state index is 14.3. The maximum atomic E-state index is 14.3. The summed E-state index contributed by atoms with van der Waals surface area (Å²) in [5.74, 6) is -19.0. The molecular weight excluding hydrogens is 577 g/mol. The lowest BCUT2D eigenvalue weighted by molar-refractivity contribution is -0.786. The third kappa shape index (κ3) is 6.92. The molecule has 8 nitrogen and oxygen atoms in total. The Morgan fingerprint density at radius 3 is 2.02 bits per heavy atom. The second-order valence-corrected chi connectivity index (χ2v) is 11.3. The third-order valence-electron chi connectivity index (χ3n) is 7.54. The summed E-state index contributed by atoms with van der Waals surface area (Å²) >= 11 is 0. The second kappa shape index (κ2) is 13.0. The summed E-state index contributed by atoms with van der Waals surface area (Å²) in [4.78, 5) is 56.8. The van der Waals surface area contributed by atoms with Gasteiger partial charge in [0.05, 0.1) is 6.54 Å². The van der Waals surface area contributed by atoms with Crippen LogP contribution in [0.2, 0.25) is 0 Å². The summed E-state index contributed by atoms with van der Waals surface area (Å²) in [6, 6.07) is -2.39. The van der Waals surface area contributed by atoms with Crippen molar-refractivity contribution in [2.24, 2.45) is 11.8 Å². The van der Waals surface area contributed by atoms with E-state index in [1.807, 2.05) is 5.32 Å². The Labute approximate surface area is 239 Å². The van der Waals surface area contributed by atoms with Crippen molar-refractivity contribution in [2.45, 2.75) is 96.4 Å². The van der Waals surface area contributed by atoms with Crippen molar-refractivity contribution in [2.75, 3.05) is 6.54 Å². The number of alkyl halides is 7. The molecule has 2 rings (SSSR count). The number of hydrogen-bond acceptors (Lipinski definition) is 5. The lowest BCUT2D eigenvalue weighted by Gasteiger charge is -2.38. The SMILES string of the molecule is CC(C)C(NC(=O)[N+]1(C(=O)[C@@H](NC(=O)CCc2cccnc2)C(C)C)CCC[C@H]1C)C(=O)C(F)(F)C(F)(F)C(F)(F)F. The minimum Gasteiger partial charge on any atom is -0.341 e. The van der Waals surface area contributed by atoms with Crippen molar-refractivity contribution in [3.8, 4) is 0 Å². The van der Waals surface area contributed by atoms with Crippen LogP contribution in [0.4, 0.5) is 35.5 Å². The number of nitrogens with zero attached hydrogens (tertiary/aromatic N) is 2. The van der Waals surface area contributed by atoms with E-state index < -0.39 is 76.1 Å². The molecule has 2 heterocycles. The van der Waals surface area contributed by atoms with Gasteiger partial charge in [0.2, 0.25) is 11.7 Å². The maximum Gasteiger partial charge on any atom is 0.460 e. The molecule has 42 heavy (non-hydrogen) atoms. The van der Waals surface area contributed by atoms with Gasteiger partial charge in [0.15, 0.2) is 0 Å². The molecule has 1 aromatic heterocycles. The van der Waals surface area contributed by atoms with Gasteiger partial charge < -0.3 is 5.32 Å². The first-order valence-corrected chi connectivity index (χ1v) is 13.5. The van der Waals surface area contributed by atoms with Gasteiger partial charge in [-0.05, 0) is 36.8 Å². The first-order valence-electron chi connectivity index (χ1n) is 13.5. The van der Waals surface area contributed by atoms with Crippen molar-refractivity contribution in [1.82, 2.24) is 15.6 Å². The Morgan fingerprint density at radius 1 is 0.976 bits per heavy atom. The summed E-state index contributed by atoms with van der Waals surface area (Å²) < 4.78 is 93.2. The highest BCUT2D eigenvalue weighted by atomic mass is 19.4. The van der Waals surface area contributed by atoms with Crippen molar-refractivity contribution in [3.63, 3.8) is 0 Å². The number of carbonyl (C=O) groups excluding carboxylic acids is 4. The molecule has 1 aliphatic heterocycles. The zero-order chi connectivity index (χ0) is 32.3. The van der Waals surface area contributed by atoms with E-state index in [4.69, 9.17) is 0 Å². The monoisotopic (exact) mass is 613 g/mol. The van der Waals surface area contributed by atoms with E-state index in [9.17, 15) is 49.9 Å². The molecular formula is C27H36F7N4O4+. The highest BCUT2D eigenvalue weighted by molar-refractivity contribution is 5.96. The van der Waals surface area contributed by atoms with Gasteiger partial charge in [-0.15, -0.1) is 0 Å². The van der Waals surface area contributed by atoms with Crippen LogP contribution in [0.5, 0.6) is 0 Å². The number of carbonyl (C=O) groups is 4. The predicted molar refractivity (Wildman–Crippen MR) is 136 cm³/mol. The Bertz CT molecular complexity index is 1150. The van der Waals surface area contributed by atoms with Crippen LogP contribution >= 0.6 is 0 Å². The normalized spacial score (nSPS) is 21.2. The Morgan fingerprint density at radius 2 is 1.57 bits per heavy atom. The van der Waals surface area contributed by atoms with Crippen molar-refractivity contribution < 1.29 is 54.4 Å². The number of halogens is 7. The Balaban J connectivity index is 2.37. The fourth-order valence-corrected chi connectivity index (χ4v) is 4.93. The lowest BCUT2D eigenvalue weighted by Crippen LogP contribution is -2.70. The molecule has 0 aromatic carbocycles. The number of amides is 4. The summed E-state index contributed by atoms with van der Waals surface area (Å²) in [6.45, 7) is 6.67. The van der Waals surface area contributed by atoms with Crippen molar-refractivity contribution >= 4 is 23.6 Å². The largest absolute Gasteiger partial charge is 0.460 e. The molecule has 15 heteroatoms. The van der Waals surface area contributed by atoms with Gasteiger partial charge in [0.1, 0.15) is 18.1 Å². The number of Topliss-reactive ketones (excluding diaryl/α,β-unsaturated/α-hetero) is 1. The zero-order valence-corrected chi connectivity index (χ0v) is 23.9.